The summed E-state index contributed by atoms with van der Waals surface area (Å²) >= 11 is 0. The molecule has 0 saturated carbocycles. The van der Waals surface area contributed by atoms with Gasteiger partial charge in [0.2, 0.25) is 0 Å². The molecule has 0 spiro atoms. The maximum atomic E-state index is 11.9. The lowest BCUT2D eigenvalue weighted by Gasteiger charge is -2.17. The Morgan fingerprint density at radius 1 is 1.38 bits per heavy atom. The number of allylic oxidation sites excluding steroid dienone is 6. The normalized spacial score (nSPS) is 18.3. The molecule has 0 heterocycles. The van der Waals surface area contributed by atoms with Gasteiger partial charge in [0, 0.05) is 12.2 Å². The summed E-state index contributed by atoms with van der Waals surface area (Å²) in [7, 11) is 0. The Labute approximate surface area is 123 Å². The third kappa shape index (κ3) is 5.84. The van der Waals surface area contributed by atoms with E-state index in [0.717, 1.165) is 0 Å². The van der Waals surface area contributed by atoms with Crippen molar-refractivity contribution in [3.8, 4) is 0 Å². The van der Waals surface area contributed by atoms with Gasteiger partial charge in [-0.15, -0.1) is 0 Å². The van der Waals surface area contributed by atoms with Crippen LogP contribution in [-0.2, 0) is 14.3 Å². The van der Waals surface area contributed by atoms with E-state index in [2.05, 4.69) is 21.2 Å². The molecule has 1 aliphatic rings. The minimum atomic E-state index is -0.714. The fourth-order valence-electron chi connectivity index (χ4n) is 1.31. The Morgan fingerprint density at radius 2 is 2.14 bits per heavy atom. The van der Waals surface area contributed by atoms with Gasteiger partial charge in [-0.3, -0.25) is 0 Å². The first kappa shape index (κ1) is 16.3. The van der Waals surface area contributed by atoms with Crippen molar-refractivity contribution in [2.75, 3.05) is 13.2 Å². The van der Waals surface area contributed by atoms with Crippen LogP contribution in [0, 0.1) is 0 Å². The summed E-state index contributed by atoms with van der Waals surface area (Å²) in [5, 5.41) is 19.1. The van der Waals surface area contributed by atoms with E-state index in [4.69, 9.17) is 4.74 Å². The Hall–Kier alpha value is -2.72. The van der Waals surface area contributed by atoms with Gasteiger partial charge in [-0.1, -0.05) is 35.5 Å². The van der Waals surface area contributed by atoms with Crippen molar-refractivity contribution in [3.63, 3.8) is 0 Å². The van der Waals surface area contributed by atoms with Gasteiger partial charge in [-0.25, -0.2) is 0 Å². The molecule has 6 nitrogen and oxygen atoms in total. The third-order valence-corrected chi connectivity index (χ3v) is 2.24. The average molecular weight is 288 g/mol. The number of esters is 1. The van der Waals surface area contributed by atoms with Crippen LogP contribution in [0.5, 0.6) is 0 Å². The zero-order valence-electron chi connectivity index (χ0n) is 11.9. The van der Waals surface area contributed by atoms with Crippen LogP contribution in [0.15, 0.2) is 58.2 Å². The lowest BCUT2D eigenvalue weighted by atomic mass is 10.1. The van der Waals surface area contributed by atoms with Gasteiger partial charge < -0.3 is 14.6 Å². The molecule has 0 amide bonds. The van der Waals surface area contributed by atoms with E-state index in [1.165, 1.54) is 0 Å². The fraction of sp³-hybridized carbons (Fsp3) is 0.267. The predicted molar refractivity (Wildman–Crippen MR) is 77.6 cm³/mol. The number of nitrogens with zero attached hydrogens (tertiary/aromatic N) is 2. The highest BCUT2D eigenvalue weighted by Gasteiger charge is 2.16. The zero-order chi connectivity index (χ0) is 15.5. The highest BCUT2D eigenvalue weighted by Crippen LogP contribution is 2.12. The van der Waals surface area contributed by atoms with Crippen LogP contribution in [0.25, 0.3) is 0 Å². The summed E-state index contributed by atoms with van der Waals surface area (Å²) in [6, 6.07) is 0. The second-order valence-corrected chi connectivity index (χ2v) is 3.72. The first-order valence-corrected chi connectivity index (χ1v) is 6.39. The largest absolute Gasteiger partial charge is 0.619 e. The Kier molecular flexibility index (Phi) is 7.18. The quantitative estimate of drug-likeness (QED) is 0.183. The van der Waals surface area contributed by atoms with Gasteiger partial charge >= 0.3 is 12.2 Å². The first-order chi connectivity index (χ1) is 10.2. The first-order valence-electron chi connectivity index (χ1n) is 6.39. The highest BCUT2D eigenvalue weighted by molar-refractivity contribution is 6.23. The highest BCUT2D eigenvalue weighted by atomic mass is 16.6. The molecular formula is C15H16N2O4. The SMILES string of the molecule is C/C=C/CO/C([O-])=C1/C=CC=C/C1=N\N=[C+]C(=O)OCC. The minimum Gasteiger partial charge on any atom is -0.609 e. The van der Waals surface area contributed by atoms with Crippen LogP contribution in [0.2, 0.25) is 0 Å². The van der Waals surface area contributed by atoms with Gasteiger partial charge in [0.1, 0.15) is 5.10 Å². The molecule has 1 rings (SSSR count). The molecule has 0 aliphatic heterocycles. The second kappa shape index (κ2) is 9.23. The molecule has 0 aromatic carbocycles. The minimum absolute atomic E-state index is 0.182. The van der Waals surface area contributed by atoms with Crippen molar-refractivity contribution in [2.24, 2.45) is 10.2 Å². The lowest BCUT2D eigenvalue weighted by Crippen LogP contribution is -2.16. The maximum absolute atomic E-state index is 11.9. The summed E-state index contributed by atoms with van der Waals surface area (Å²) in [5.41, 5.74) is 0.552. The van der Waals surface area contributed by atoms with Crippen molar-refractivity contribution in [2.45, 2.75) is 13.8 Å². The van der Waals surface area contributed by atoms with Crippen LogP contribution < -0.4 is 5.11 Å². The fourth-order valence-corrected chi connectivity index (χ4v) is 1.31. The summed E-state index contributed by atoms with van der Waals surface area (Å²) < 4.78 is 9.66. The Morgan fingerprint density at radius 3 is 2.86 bits per heavy atom. The monoisotopic (exact) mass is 288 g/mol. The number of hydrogen-bond acceptors (Lipinski definition) is 6. The van der Waals surface area contributed by atoms with Crippen molar-refractivity contribution in [1.29, 1.82) is 0 Å². The second-order valence-electron chi connectivity index (χ2n) is 3.72. The smallest absolute Gasteiger partial charge is 0.609 e. The standard InChI is InChI=1S/C15H16N2O4/c1-3-5-10-21-15(19)12-8-6-7-9-13(12)17-16-11-14(18)20-4-2/h3,5-9H,4,10H2,1-2H3/b5-3+. The Balaban J connectivity index is 2.82. The van der Waals surface area contributed by atoms with Crippen molar-refractivity contribution < 1.29 is 19.4 Å². The van der Waals surface area contributed by atoms with Gasteiger partial charge in [0.05, 0.1) is 18.3 Å². The molecule has 110 valence electrons. The van der Waals surface area contributed by atoms with Crippen molar-refractivity contribution in [1.82, 2.24) is 0 Å². The summed E-state index contributed by atoms with van der Waals surface area (Å²) in [6.07, 6.45) is 12.1. The van der Waals surface area contributed by atoms with Crippen molar-refractivity contribution in [3.05, 3.63) is 48.0 Å². The zero-order valence-corrected chi connectivity index (χ0v) is 11.9. The maximum Gasteiger partial charge on any atom is 0.619 e. The molecule has 6 heteroatoms. The van der Waals surface area contributed by atoms with Gasteiger partial charge in [0.15, 0.2) is 0 Å². The molecule has 21 heavy (non-hydrogen) atoms. The number of hydrogen-bond donors (Lipinski definition) is 0. The van der Waals surface area contributed by atoms with E-state index in [1.807, 2.05) is 6.92 Å². The van der Waals surface area contributed by atoms with Crippen molar-refractivity contribution >= 4 is 17.9 Å². The van der Waals surface area contributed by atoms with E-state index >= 15 is 0 Å². The number of ether oxygens (including phenoxy) is 2. The molecule has 0 N–H and O–H groups in total. The van der Waals surface area contributed by atoms with Gasteiger partial charge in [-0.05, 0) is 19.9 Å². The van der Waals surface area contributed by atoms with E-state index in [9.17, 15) is 9.90 Å². The van der Waals surface area contributed by atoms with Crippen LogP contribution in [-0.4, -0.2) is 31.1 Å². The Bertz CT molecular complexity index is 540. The summed E-state index contributed by atoms with van der Waals surface area (Å²) in [5.74, 6) is -1.23. The number of carbonyl (C=O) groups is 1. The third-order valence-electron chi connectivity index (χ3n) is 2.24. The summed E-state index contributed by atoms with van der Waals surface area (Å²) in [6.45, 7) is 3.92. The molecule has 0 aromatic rings. The number of rotatable bonds is 6. The van der Waals surface area contributed by atoms with Crippen LogP contribution in [0.1, 0.15) is 13.8 Å². The molecule has 0 unspecified atom stereocenters. The van der Waals surface area contributed by atoms with Crippen LogP contribution >= 0.6 is 0 Å². The molecule has 0 atom stereocenters. The van der Waals surface area contributed by atoms with Gasteiger partial charge in [-0.2, -0.15) is 4.79 Å². The van der Waals surface area contributed by atoms with E-state index < -0.39 is 11.9 Å². The van der Waals surface area contributed by atoms with E-state index in [-0.39, 0.29) is 18.8 Å². The molecule has 0 saturated heterocycles. The molecular weight excluding hydrogens is 272 g/mol. The molecule has 1 aliphatic carbocycles. The predicted octanol–water partition coefficient (Wildman–Crippen LogP) is 1.14. The number of carbonyl (C=O) groups excluding carboxylic acids is 1. The van der Waals surface area contributed by atoms with E-state index in [1.54, 1.807) is 43.4 Å². The molecule has 0 bridgehead atoms. The molecule has 0 aromatic heterocycles. The average Bonchev–Trinajstić information content (AvgIpc) is 2.48. The molecule has 0 fully saturated rings. The topological polar surface area (TPSA) is 83.3 Å². The van der Waals surface area contributed by atoms with E-state index in [0.29, 0.717) is 5.71 Å². The summed E-state index contributed by atoms with van der Waals surface area (Å²) in [4.78, 5) is 11.0. The van der Waals surface area contributed by atoms with Crippen LogP contribution in [0.3, 0.4) is 0 Å². The lowest BCUT2D eigenvalue weighted by molar-refractivity contribution is -0.356. The molecule has 0 radical (unpaired) electrons. The van der Waals surface area contributed by atoms with Crippen LogP contribution in [0.4, 0.5) is 0 Å². The van der Waals surface area contributed by atoms with Gasteiger partial charge in [0.25, 0.3) is 0 Å².